The maximum Gasteiger partial charge on any atom is 0.315 e. The van der Waals surface area contributed by atoms with E-state index >= 15 is 0 Å². The molecule has 8 unspecified atom stereocenters. The summed E-state index contributed by atoms with van der Waals surface area (Å²) in [6, 6.07) is 0. The molecule has 2 N–H and O–H groups in total. The Morgan fingerprint density at radius 2 is 1.79 bits per heavy atom. The van der Waals surface area contributed by atoms with E-state index in [0.717, 1.165) is 32.1 Å². The van der Waals surface area contributed by atoms with Crippen LogP contribution in [-0.2, 0) is 19.1 Å². The highest BCUT2D eigenvalue weighted by atomic mass is 16.5. The van der Waals surface area contributed by atoms with Crippen LogP contribution >= 0.6 is 0 Å². The summed E-state index contributed by atoms with van der Waals surface area (Å²) in [6.07, 6.45) is 5.51. The van der Waals surface area contributed by atoms with Crippen molar-refractivity contribution in [1.82, 2.24) is 0 Å². The van der Waals surface area contributed by atoms with E-state index < -0.39 is 17.1 Å². The number of hydrogen-bond acceptors (Lipinski definition) is 6. The predicted octanol–water partition coefficient (Wildman–Crippen LogP) is 2.84. The maximum absolute atomic E-state index is 13.2. The Bertz CT molecular complexity index is 678. The Hall–Kier alpha value is -1.14. The van der Waals surface area contributed by atoms with Crippen molar-refractivity contribution in [2.45, 2.75) is 83.3 Å². The Labute approximate surface area is 173 Å². The molecule has 4 saturated carbocycles. The molecule has 8 atom stereocenters. The minimum absolute atomic E-state index is 0.0419. The number of aliphatic hydroxyl groups excluding tert-OH is 1. The van der Waals surface area contributed by atoms with Gasteiger partial charge in [-0.25, -0.2) is 0 Å². The first-order valence-corrected chi connectivity index (χ1v) is 11.4. The molecule has 29 heavy (non-hydrogen) atoms. The van der Waals surface area contributed by atoms with Crippen LogP contribution in [0.3, 0.4) is 0 Å². The lowest BCUT2D eigenvalue weighted by molar-refractivity contribution is -0.237. The van der Waals surface area contributed by atoms with Gasteiger partial charge >= 0.3 is 11.9 Å². The Morgan fingerprint density at radius 1 is 1.03 bits per heavy atom. The molecule has 0 aromatic heterocycles. The SMILES string of the molecule is CCOC(=O)C1CCC2C3CCC4(O)CC(O)CCC4(C(=O)OC)C3CCC12C. The third-order valence-corrected chi connectivity index (χ3v) is 9.36. The summed E-state index contributed by atoms with van der Waals surface area (Å²) in [5.74, 6) is 0.227. The van der Waals surface area contributed by atoms with Gasteiger partial charge in [0.15, 0.2) is 0 Å². The van der Waals surface area contributed by atoms with Crippen LogP contribution in [0.2, 0.25) is 0 Å². The van der Waals surface area contributed by atoms with E-state index in [1.165, 1.54) is 7.11 Å². The summed E-state index contributed by atoms with van der Waals surface area (Å²) in [5, 5.41) is 21.9. The molecular weight excluding hydrogens is 372 g/mol. The fraction of sp³-hybridized carbons (Fsp3) is 0.913. The lowest BCUT2D eigenvalue weighted by Crippen LogP contribution is -2.67. The van der Waals surface area contributed by atoms with Crippen LogP contribution < -0.4 is 0 Å². The van der Waals surface area contributed by atoms with Crippen LogP contribution in [0.4, 0.5) is 0 Å². The van der Waals surface area contributed by atoms with Crippen LogP contribution in [0.15, 0.2) is 0 Å². The number of fused-ring (bicyclic) bond motifs is 5. The molecule has 4 rings (SSSR count). The van der Waals surface area contributed by atoms with Gasteiger partial charge in [-0.05, 0) is 81.5 Å². The molecule has 0 saturated heterocycles. The fourth-order valence-electron chi connectivity index (χ4n) is 8.12. The Kier molecular flexibility index (Phi) is 5.26. The van der Waals surface area contributed by atoms with Crippen LogP contribution in [0.5, 0.6) is 0 Å². The van der Waals surface area contributed by atoms with Crippen LogP contribution in [0, 0.1) is 34.5 Å². The van der Waals surface area contributed by atoms with Crippen molar-refractivity contribution in [3.63, 3.8) is 0 Å². The molecule has 0 bridgehead atoms. The van der Waals surface area contributed by atoms with Gasteiger partial charge in [0, 0.05) is 6.42 Å². The zero-order valence-corrected chi connectivity index (χ0v) is 18.0. The smallest absolute Gasteiger partial charge is 0.315 e. The standard InChI is InChI=1S/C23H36O6/c1-4-29-19(25)18-6-5-16-15-8-11-22(27)13-14(24)7-12-23(22,20(26)28-3)17(15)9-10-21(16,18)2/h14-18,24,27H,4-13H2,1-3H3. The molecule has 0 radical (unpaired) electrons. The van der Waals surface area contributed by atoms with Gasteiger partial charge in [-0.2, -0.15) is 0 Å². The zero-order chi connectivity index (χ0) is 21.0. The first-order valence-electron chi connectivity index (χ1n) is 11.4. The van der Waals surface area contributed by atoms with E-state index in [2.05, 4.69) is 6.92 Å². The molecule has 4 aliphatic rings. The van der Waals surface area contributed by atoms with Crippen molar-refractivity contribution in [2.24, 2.45) is 34.5 Å². The second-order valence-electron chi connectivity index (χ2n) is 10.2. The predicted molar refractivity (Wildman–Crippen MR) is 106 cm³/mol. The normalized spacial score (nSPS) is 48.8. The molecule has 6 heteroatoms. The third-order valence-electron chi connectivity index (χ3n) is 9.36. The van der Waals surface area contributed by atoms with E-state index in [0.29, 0.717) is 37.7 Å². The summed E-state index contributed by atoms with van der Waals surface area (Å²) in [4.78, 5) is 25.8. The van der Waals surface area contributed by atoms with E-state index in [9.17, 15) is 19.8 Å². The van der Waals surface area contributed by atoms with Gasteiger partial charge in [-0.15, -0.1) is 0 Å². The number of rotatable bonds is 3. The van der Waals surface area contributed by atoms with Gasteiger partial charge in [0.05, 0.1) is 36.8 Å². The monoisotopic (exact) mass is 408 g/mol. The minimum Gasteiger partial charge on any atom is -0.468 e. The van der Waals surface area contributed by atoms with Gasteiger partial charge < -0.3 is 19.7 Å². The number of methoxy groups -OCH3 is 1. The van der Waals surface area contributed by atoms with Crippen molar-refractivity contribution < 1.29 is 29.3 Å². The Balaban J connectivity index is 1.69. The van der Waals surface area contributed by atoms with E-state index in [-0.39, 0.29) is 35.6 Å². The third kappa shape index (κ3) is 2.81. The number of carbonyl (C=O) groups is 2. The fourth-order valence-corrected chi connectivity index (χ4v) is 8.12. The molecule has 0 spiro atoms. The number of aliphatic hydroxyl groups is 2. The van der Waals surface area contributed by atoms with Crippen LogP contribution in [0.1, 0.15) is 71.6 Å². The summed E-state index contributed by atoms with van der Waals surface area (Å²) >= 11 is 0. The van der Waals surface area contributed by atoms with E-state index in [4.69, 9.17) is 9.47 Å². The summed E-state index contributed by atoms with van der Waals surface area (Å²) in [5.41, 5.74) is -2.24. The number of hydrogen-bond donors (Lipinski definition) is 2. The highest BCUT2D eigenvalue weighted by Crippen LogP contribution is 2.68. The molecule has 0 amide bonds. The van der Waals surface area contributed by atoms with Gasteiger partial charge in [-0.3, -0.25) is 9.59 Å². The minimum atomic E-state index is -1.20. The Morgan fingerprint density at radius 3 is 2.48 bits per heavy atom. The molecule has 4 aliphatic carbocycles. The molecule has 0 aliphatic heterocycles. The topological polar surface area (TPSA) is 93.1 Å². The first kappa shape index (κ1) is 21.1. The number of esters is 2. The molecule has 4 fully saturated rings. The van der Waals surface area contributed by atoms with Crippen molar-refractivity contribution in [3.8, 4) is 0 Å². The molecular formula is C23H36O6. The number of ether oxygens (including phenoxy) is 2. The molecule has 0 heterocycles. The van der Waals surface area contributed by atoms with Gasteiger partial charge in [0.2, 0.25) is 0 Å². The van der Waals surface area contributed by atoms with E-state index in [1.807, 2.05) is 6.92 Å². The average molecular weight is 409 g/mol. The number of carbonyl (C=O) groups excluding carboxylic acids is 2. The van der Waals surface area contributed by atoms with Crippen molar-refractivity contribution in [1.29, 1.82) is 0 Å². The van der Waals surface area contributed by atoms with Crippen molar-refractivity contribution >= 4 is 11.9 Å². The molecule has 0 aromatic carbocycles. The first-order chi connectivity index (χ1) is 13.7. The average Bonchev–Trinajstić information content (AvgIpc) is 3.04. The van der Waals surface area contributed by atoms with Crippen molar-refractivity contribution in [2.75, 3.05) is 13.7 Å². The zero-order valence-electron chi connectivity index (χ0n) is 18.0. The molecule has 0 aromatic rings. The maximum atomic E-state index is 13.2. The highest BCUT2D eigenvalue weighted by Gasteiger charge is 2.70. The quantitative estimate of drug-likeness (QED) is 0.698. The summed E-state index contributed by atoms with van der Waals surface area (Å²) < 4.78 is 10.7. The molecule has 164 valence electrons. The second kappa shape index (κ2) is 7.23. The largest absolute Gasteiger partial charge is 0.468 e. The summed E-state index contributed by atoms with van der Waals surface area (Å²) in [7, 11) is 1.41. The highest BCUT2D eigenvalue weighted by molar-refractivity contribution is 5.79. The lowest BCUT2D eigenvalue weighted by atomic mass is 9.42. The van der Waals surface area contributed by atoms with E-state index in [1.54, 1.807) is 0 Å². The van der Waals surface area contributed by atoms with Gasteiger partial charge in [0.25, 0.3) is 0 Å². The second-order valence-corrected chi connectivity index (χ2v) is 10.2. The van der Waals surface area contributed by atoms with Gasteiger partial charge in [0.1, 0.15) is 0 Å². The van der Waals surface area contributed by atoms with Gasteiger partial charge in [-0.1, -0.05) is 6.92 Å². The lowest BCUT2D eigenvalue weighted by Gasteiger charge is -2.63. The van der Waals surface area contributed by atoms with Crippen molar-refractivity contribution in [3.05, 3.63) is 0 Å². The summed E-state index contributed by atoms with van der Waals surface area (Å²) in [6.45, 7) is 4.49. The molecule has 6 nitrogen and oxygen atoms in total. The van der Waals surface area contributed by atoms with Crippen LogP contribution in [0.25, 0.3) is 0 Å². The van der Waals surface area contributed by atoms with Crippen LogP contribution in [-0.4, -0.2) is 47.6 Å².